The number of fused-ring (bicyclic) bond motifs is 5. The van der Waals surface area contributed by atoms with Crippen molar-refractivity contribution in [2.45, 2.75) is 18.9 Å². The number of aromatic nitrogens is 2. The van der Waals surface area contributed by atoms with Gasteiger partial charge in [0, 0.05) is 49.5 Å². The Labute approximate surface area is 151 Å². The average molecular weight is 345 g/mol. The number of benzene rings is 1. The molecule has 0 atom stereocenters. The summed E-state index contributed by atoms with van der Waals surface area (Å²) in [5, 5.41) is 9.34. The van der Waals surface area contributed by atoms with Gasteiger partial charge in [-0.05, 0) is 25.0 Å². The standard InChI is InChI=1S/C20H19N5O/c21-12-14-3-1-2-4-17(14)15-11-18-19(22-13-15)23-20(26-18)25-10-9-24-7-5-16(25)6-8-24/h1-4,11,13,16H,5-10H2. The molecule has 6 heteroatoms. The molecule has 26 heavy (non-hydrogen) atoms. The minimum Gasteiger partial charge on any atom is -0.422 e. The zero-order valence-electron chi connectivity index (χ0n) is 14.4. The van der Waals surface area contributed by atoms with Crippen molar-refractivity contribution in [1.29, 1.82) is 5.26 Å². The van der Waals surface area contributed by atoms with E-state index in [-0.39, 0.29) is 0 Å². The van der Waals surface area contributed by atoms with Gasteiger partial charge in [0.15, 0.2) is 5.58 Å². The Morgan fingerprint density at radius 3 is 2.81 bits per heavy atom. The maximum atomic E-state index is 9.34. The van der Waals surface area contributed by atoms with Crippen molar-refractivity contribution in [3.8, 4) is 17.2 Å². The van der Waals surface area contributed by atoms with E-state index in [4.69, 9.17) is 4.42 Å². The molecular formula is C20H19N5O. The summed E-state index contributed by atoms with van der Waals surface area (Å²) >= 11 is 0. The van der Waals surface area contributed by atoms with Crippen LogP contribution in [-0.2, 0) is 0 Å². The van der Waals surface area contributed by atoms with Crippen LogP contribution in [0.4, 0.5) is 6.01 Å². The third-order valence-electron chi connectivity index (χ3n) is 5.49. The number of piperidine rings is 1. The van der Waals surface area contributed by atoms with Crippen molar-refractivity contribution in [3.63, 3.8) is 0 Å². The van der Waals surface area contributed by atoms with Gasteiger partial charge < -0.3 is 14.2 Å². The van der Waals surface area contributed by atoms with Crippen LogP contribution in [0.5, 0.6) is 0 Å². The fourth-order valence-corrected chi connectivity index (χ4v) is 4.05. The highest BCUT2D eigenvalue weighted by atomic mass is 16.4. The molecule has 3 aromatic rings. The molecule has 3 aliphatic rings. The first-order valence-electron chi connectivity index (χ1n) is 9.07. The summed E-state index contributed by atoms with van der Waals surface area (Å²) in [5.41, 5.74) is 3.66. The van der Waals surface area contributed by atoms with Gasteiger partial charge in [-0.1, -0.05) is 18.2 Å². The van der Waals surface area contributed by atoms with Crippen LogP contribution in [0.2, 0.25) is 0 Å². The monoisotopic (exact) mass is 345 g/mol. The molecule has 2 aromatic heterocycles. The van der Waals surface area contributed by atoms with Crippen molar-refractivity contribution in [3.05, 3.63) is 42.1 Å². The molecule has 0 aliphatic carbocycles. The number of rotatable bonds is 2. The quantitative estimate of drug-likeness (QED) is 0.711. The van der Waals surface area contributed by atoms with Gasteiger partial charge in [0.1, 0.15) is 0 Å². The fourth-order valence-electron chi connectivity index (χ4n) is 4.05. The Balaban J connectivity index is 1.53. The third-order valence-corrected chi connectivity index (χ3v) is 5.49. The highest BCUT2D eigenvalue weighted by Crippen LogP contribution is 2.31. The van der Waals surface area contributed by atoms with Gasteiger partial charge >= 0.3 is 0 Å². The average Bonchev–Trinajstić information content (AvgIpc) is 2.88. The molecule has 1 aromatic carbocycles. The Hall–Kier alpha value is -2.91. The molecule has 2 bridgehead atoms. The number of pyridine rings is 1. The van der Waals surface area contributed by atoms with Crippen molar-refractivity contribution in [2.24, 2.45) is 0 Å². The molecule has 130 valence electrons. The SMILES string of the molecule is N#Cc1ccccc1-c1cnc2nc(N3CCN4CCC3CC4)oc2c1. The summed E-state index contributed by atoms with van der Waals surface area (Å²) < 4.78 is 6.10. The second-order valence-electron chi connectivity index (χ2n) is 6.97. The second-order valence-corrected chi connectivity index (χ2v) is 6.97. The van der Waals surface area contributed by atoms with Gasteiger partial charge in [0.05, 0.1) is 11.6 Å². The maximum absolute atomic E-state index is 9.34. The van der Waals surface area contributed by atoms with Gasteiger partial charge in [-0.15, -0.1) is 0 Å². The van der Waals surface area contributed by atoms with Crippen LogP contribution in [-0.4, -0.2) is 47.1 Å². The van der Waals surface area contributed by atoms with E-state index in [0.717, 1.165) is 50.1 Å². The number of nitriles is 1. The second kappa shape index (κ2) is 6.11. The number of hydrogen-bond acceptors (Lipinski definition) is 6. The van der Waals surface area contributed by atoms with Crippen LogP contribution in [0, 0.1) is 11.3 Å². The summed E-state index contributed by atoms with van der Waals surface area (Å²) in [7, 11) is 0. The van der Waals surface area contributed by atoms with Crippen LogP contribution in [0.15, 0.2) is 40.9 Å². The highest BCUT2D eigenvalue weighted by Gasteiger charge is 2.31. The van der Waals surface area contributed by atoms with Crippen LogP contribution >= 0.6 is 0 Å². The Morgan fingerprint density at radius 2 is 1.96 bits per heavy atom. The van der Waals surface area contributed by atoms with Crippen molar-refractivity contribution in [1.82, 2.24) is 14.9 Å². The number of anilines is 1. The van der Waals surface area contributed by atoms with E-state index >= 15 is 0 Å². The van der Waals surface area contributed by atoms with Crippen molar-refractivity contribution >= 4 is 17.2 Å². The number of nitrogens with zero attached hydrogens (tertiary/aromatic N) is 5. The Kier molecular flexibility index (Phi) is 3.61. The van der Waals surface area contributed by atoms with Gasteiger partial charge in [-0.2, -0.15) is 10.2 Å². The van der Waals surface area contributed by atoms with Gasteiger partial charge in [0.2, 0.25) is 5.65 Å². The number of hydrogen-bond donors (Lipinski definition) is 0. The largest absolute Gasteiger partial charge is 0.422 e. The molecule has 0 radical (unpaired) electrons. The molecule has 5 heterocycles. The first-order chi connectivity index (χ1) is 12.8. The molecule has 6 nitrogen and oxygen atoms in total. The molecule has 6 rings (SSSR count). The lowest BCUT2D eigenvalue weighted by molar-refractivity contribution is 0.249. The minimum atomic E-state index is 0.501. The van der Waals surface area contributed by atoms with Gasteiger partial charge in [0.25, 0.3) is 6.01 Å². The van der Waals surface area contributed by atoms with Crippen LogP contribution in [0.3, 0.4) is 0 Å². The zero-order chi connectivity index (χ0) is 17.5. The van der Waals surface area contributed by atoms with Gasteiger partial charge in [-0.3, -0.25) is 0 Å². The highest BCUT2D eigenvalue weighted by molar-refractivity contribution is 5.79. The summed E-state index contributed by atoms with van der Waals surface area (Å²) in [4.78, 5) is 13.9. The van der Waals surface area contributed by atoms with E-state index < -0.39 is 0 Å². The third kappa shape index (κ3) is 2.52. The molecular weight excluding hydrogens is 326 g/mol. The molecule has 0 saturated carbocycles. The summed E-state index contributed by atoms with van der Waals surface area (Å²) in [6, 6.07) is 12.9. The predicted molar refractivity (Wildman–Crippen MR) is 98.8 cm³/mol. The minimum absolute atomic E-state index is 0.501. The Morgan fingerprint density at radius 1 is 1.12 bits per heavy atom. The summed E-state index contributed by atoms with van der Waals surface area (Å²) in [6.07, 6.45) is 4.09. The molecule has 0 N–H and O–H groups in total. The predicted octanol–water partition coefficient (Wildman–Crippen LogP) is 3.05. The molecule has 3 saturated heterocycles. The Bertz CT molecular complexity index is 997. The van der Waals surface area contributed by atoms with E-state index in [9.17, 15) is 5.26 Å². The van der Waals surface area contributed by atoms with Crippen molar-refractivity contribution < 1.29 is 4.42 Å². The summed E-state index contributed by atoms with van der Waals surface area (Å²) in [6.45, 7) is 4.33. The fraction of sp³-hybridized carbons (Fsp3) is 0.350. The van der Waals surface area contributed by atoms with Gasteiger partial charge in [-0.25, -0.2) is 4.98 Å². The summed E-state index contributed by atoms with van der Waals surface area (Å²) in [5.74, 6) is 0. The first-order valence-corrected chi connectivity index (χ1v) is 9.07. The van der Waals surface area contributed by atoms with Crippen LogP contribution in [0.1, 0.15) is 18.4 Å². The molecule has 0 amide bonds. The molecule has 0 spiro atoms. The van der Waals surface area contributed by atoms with E-state index in [1.54, 1.807) is 6.20 Å². The van der Waals surface area contributed by atoms with E-state index in [0.29, 0.717) is 28.9 Å². The molecule has 3 fully saturated rings. The lowest BCUT2D eigenvalue weighted by atomic mass is 10.0. The lowest BCUT2D eigenvalue weighted by Gasteiger charge is -2.30. The topological polar surface area (TPSA) is 69.2 Å². The molecule has 0 unspecified atom stereocenters. The first kappa shape index (κ1) is 15.4. The number of oxazole rings is 1. The van der Waals surface area contributed by atoms with E-state index in [2.05, 4.69) is 25.8 Å². The van der Waals surface area contributed by atoms with Crippen LogP contribution < -0.4 is 4.90 Å². The van der Waals surface area contributed by atoms with Crippen LogP contribution in [0.25, 0.3) is 22.4 Å². The normalized spacial score (nSPS) is 22.3. The maximum Gasteiger partial charge on any atom is 0.300 e. The lowest BCUT2D eigenvalue weighted by Crippen LogP contribution is -2.38. The smallest absolute Gasteiger partial charge is 0.300 e. The zero-order valence-corrected chi connectivity index (χ0v) is 14.4. The molecule has 3 aliphatic heterocycles. The van der Waals surface area contributed by atoms with Crippen molar-refractivity contribution in [2.75, 3.05) is 31.1 Å². The van der Waals surface area contributed by atoms with E-state index in [1.165, 1.54) is 0 Å². The van der Waals surface area contributed by atoms with E-state index in [1.807, 2.05) is 30.3 Å².